The van der Waals surface area contributed by atoms with Crippen LogP contribution in [0.15, 0.2) is 47.7 Å². The molecule has 146 valence electrons. The van der Waals surface area contributed by atoms with Gasteiger partial charge in [0.15, 0.2) is 0 Å². The standard InChI is InChI=1S/C23H20N2O4/c1-21-8-9-22(10-11-26)23(21,29-22)18-17(21)19(27)25(20(18)28)16-7-6-13(12-24)14-4-2-3-5-15(14)16/h2-7,11,14-15,17-18H,8-10H2,1H3/t14?,15?,17-,18+,21?,22?,23?/m1/s1. The monoisotopic (exact) mass is 388 g/mol. The number of hydrogen-bond donors (Lipinski definition) is 0. The highest BCUT2D eigenvalue weighted by molar-refractivity contribution is 6.10. The van der Waals surface area contributed by atoms with E-state index in [-0.39, 0.29) is 30.1 Å². The van der Waals surface area contributed by atoms with E-state index in [1.54, 1.807) is 12.2 Å². The molecule has 6 rings (SSSR count). The van der Waals surface area contributed by atoms with E-state index in [0.717, 1.165) is 19.1 Å². The molecule has 6 aliphatic rings. The number of carbonyl (C=O) groups excluding carboxylic acids is 3. The number of hydrogen-bond acceptors (Lipinski definition) is 5. The number of epoxide rings is 1. The molecule has 2 amide bonds. The fourth-order valence-electron chi connectivity index (χ4n) is 7.12. The van der Waals surface area contributed by atoms with Gasteiger partial charge in [0.25, 0.3) is 0 Å². The number of nitriles is 1. The van der Waals surface area contributed by atoms with Crippen LogP contribution in [-0.2, 0) is 19.1 Å². The van der Waals surface area contributed by atoms with Gasteiger partial charge in [-0.1, -0.05) is 31.2 Å². The Balaban J connectivity index is 1.41. The van der Waals surface area contributed by atoms with Crippen molar-refractivity contribution >= 4 is 18.1 Å². The summed E-state index contributed by atoms with van der Waals surface area (Å²) in [6.07, 6.45) is 13.8. The van der Waals surface area contributed by atoms with Gasteiger partial charge >= 0.3 is 0 Å². The number of amides is 2. The van der Waals surface area contributed by atoms with Crippen molar-refractivity contribution in [1.29, 1.82) is 5.26 Å². The van der Waals surface area contributed by atoms with Crippen LogP contribution in [0.1, 0.15) is 26.2 Å². The van der Waals surface area contributed by atoms with Crippen molar-refractivity contribution < 1.29 is 19.1 Å². The Kier molecular flexibility index (Phi) is 2.97. The number of allylic oxidation sites excluding steroid dienone is 7. The van der Waals surface area contributed by atoms with E-state index in [0.29, 0.717) is 11.3 Å². The van der Waals surface area contributed by atoms with Gasteiger partial charge in [0.05, 0.1) is 17.9 Å². The third kappa shape index (κ3) is 1.60. The lowest BCUT2D eigenvalue weighted by Crippen LogP contribution is -2.63. The molecule has 6 heteroatoms. The molecule has 2 heterocycles. The van der Waals surface area contributed by atoms with Gasteiger partial charge < -0.3 is 9.53 Å². The summed E-state index contributed by atoms with van der Waals surface area (Å²) >= 11 is 0. The Labute approximate surface area is 168 Å². The Bertz CT molecular complexity index is 1060. The van der Waals surface area contributed by atoms with Crippen molar-refractivity contribution in [2.75, 3.05) is 0 Å². The van der Waals surface area contributed by atoms with E-state index in [1.807, 2.05) is 31.2 Å². The van der Waals surface area contributed by atoms with Gasteiger partial charge in [0.1, 0.15) is 17.5 Å². The molecule has 29 heavy (non-hydrogen) atoms. The first kappa shape index (κ1) is 17.1. The highest BCUT2D eigenvalue weighted by Crippen LogP contribution is 2.84. The van der Waals surface area contributed by atoms with Gasteiger partial charge in [-0.2, -0.15) is 5.26 Å². The van der Waals surface area contributed by atoms with Crippen LogP contribution in [0.3, 0.4) is 0 Å². The molecule has 4 fully saturated rings. The molecule has 0 N–H and O–H groups in total. The minimum atomic E-state index is -0.669. The fraction of sp³-hybridized carbons (Fsp3) is 0.478. The summed E-state index contributed by atoms with van der Waals surface area (Å²) in [7, 11) is 0. The third-order valence-electron chi connectivity index (χ3n) is 8.39. The number of carbonyl (C=O) groups is 3. The first-order valence-electron chi connectivity index (χ1n) is 10.1. The molecule has 0 aromatic heterocycles. The SMILES string of the molecule is CC12CCC3(CC=O)OC31[C@@H]1C(=O)N(C3=CC=C(C#N)C4C=CC=CC34)C(=O)[C@@H]12. The van der Waals surface area contributed by atoms with Crippen molar-refractivity contribution in [2.45, 2.75) is 37.4 Å². The van der Waals surface area contributed by atoms with Crippen LogP contribution in [0.4, 0.5) is 0 Å². The lowest BCUT2D eigenvalue weighted by Gasteiger charge is -2.51. The number of imide groups is 1. The maximum atomic E-state index is 13.5. The normalized spacial score (nSPS) is 47.9. The molecule has 0 bridgehead atoms. The molecule has 7 atom stereocenters. The summed E-state index contributed by atoms with van der Waals surface area (Å²) in [5.74, 6) is -1.65. The highest BCUT2D eigenvalue weighted by atomic mass is 16.6. The molecule has 1 spiro atoms. The number of rotatable bonds is 3. The number of nitrogens with zero attached hydrogens (tertiary/aromatic N) is 2. The minimum absolute atomic E-state index is 0.160. The van der Waals surface area contributed by atoms with Crippen molar-refractivity contribution in [1.82, 2.24) is 4.90 Å². The quantitative estimate of drug-likeness (QED) is 0.420. The van der Waals surface area contributed by atoms with Gasteiger partial charge in [0, 0.05) is 34.9 Å². The van der Waals surface area contributed by atoms with Crippen LogP contribution in [0.25, 0.3) is 0 Å². The number of aldehydes is 1. The molecule has 0 radical (unpaired) electrons. The summed E-state index contributed by atoms with van der Waals surface area (Å²) in [6.45, 7) is 2.04. The number of ether oxygens (including phenoxy) is 1. The average Bonchev–Trinajstić information content (AvgIpc) is 3.28. The number of likely N-dealkylation sites (tertiary alicyclic amines) is 1. The lowest BCUT2D eigenvalue weighted by molar-refractivity contribution is -0.157. The fourth-order valence-corrected chi connectivity index (χ4v) is 7.12. The van der Waals surface area contributed by atoms with Crippen LogP contribution in [0.5, 0.6) is 0 Å². The number of fused-ring (bicyclic) bond motifs is 3. The maximum Gasteiger partial charge on any atom is 0.240 e. The van der Waals surface area contributed by atoms with Gasteiger partial charge in [-0.15, -0.1) is 0 Å². The zero-order valence-electron chi connectivity index (χ0n) is 16.0. The highest BCUT2D eigenvalue weighted by Gasteiger charge is 2.95. The van der Waals surface area contributed by atoms with Crippen LogP contribution < -0.4 is 0 Å². The van der Waals surface area contributed by atoms with Gasteiger partial charge in [-0.25, -0.2) is 0 Å². The largest absolute Gasteiger partial charge is 0.361 e. The second-order valence-electron chi connectivity index (χ2n) is 9.23. The Hall–Kier alpha value is -2.78. The summed E-state index contributed by atoms with van der Waals surface area (Å²) in [5, 5.41) is 9.44. The first-order chi connectivity index (χ1) is 14.0. The average molecular weight is 388 g/mol. The molecule has 0 aromatic carbocycles. The van der Waals surface area contributed by atoms with E-state index in [1.165, 1.54) is 4.90 Å². The summed E-state index contributed by atoms with van der Waals surface area (Å²) in [4.78, 5) is 39.6. The molecule has 5 unspecified atom stereocenters. The van der Waals surface area contributed by atoms with E-state index in [9.17, 15) is 19.6 Å². The van der Waals surface area contributed by atoms with Crippen molar-refractivity contribution in [2.24, 2.45) is 29.1 Å². The minimum Gasteiger partial charge on any atom is -0.361 e. The van der Waals surface area contributed by atoms with Crippen LogP contribution in [-0.4, -0.2) is 34.2 Å². The molecule has 2 saturated carbocycles. The second-order valence-corrected chi connectivity index (χ2v) is 9.23. The van der Waals surface area contributed by atoms with Crippen molar-refractivity contribution in [3.63, 3.8) is 0 Å². The topological polar surface area (TPSA) is 90.8 Å². The van der Waals surface area contributed by atoms with Gasteiger partial charge in [-0.05, 0) is 25.0 Å². The zero-order valence-corrected chi connectivity index (χ0v) is 16.0. The third-order valence-corrected chi connectivity index (χ3v) is 8.39. The molecule has 6 nitrogen and oxygen atoms in total. The van der Waals surface area contributed by atoms with Crippen LogP contribution in [0, 0.1) is 40.4 Å². The van der Waals surface area contributed by atoms with Crippen molar-refractivity contribution in [3.05, 3.63) is 47.7 Å². The summed E-state index contributed by atoms with van der Waals surface area (Å²) in [5.41, 5.74) is -0.371. The van der Waals surface area contributed by atoms with Crippen LogP contribution >= 0.6 is 0 Å². The van der Waals surface area contributed by atoms with Crippen molar-refractivity contribution in [3.8, 4) is 6.07 Å². The van der Waals surface area contributed by atoms with E-state index < -0.39 is 28.5 Å². The summed E-state index contributed by atoms with van der Waals surface area (Å²) in [6, 6.07) is 2.23. The van der Waals surface area contributed by atoms with E-state index >= 15 is 0 Å². The molecule has 4 aliphatic carbocycles. The molecular formula is C23H20N2O4. The molecule has 2 saturated heterocycles. The maximum absolute atomic E-state index is 13.5. The predicted octanol–water partition coefficient (Wildman–Crippen LogP) is 2.20. The molecule has 2 aliphatic heterocycles. The zero-order chi connectivity index (χ0) is 20.2. The molecule has 0 aromatic rings. The van der Waals surface area contributed by atoms with E-state index in [4.69, 9.17) is 4.74 Å². The van der Waals surface area contributed by atoms with Gasteiger partial charge in [-0.3, -0.25) is 14.5 Å². The second kappa shape index (κ2) is 5.03. The van der Waals surface area contributed by atoms with Crippen LogP contribution in [0.2, 0.25) is 0 Å². The Morgan fingerprint density at radius 1 is 1.17 bits per heavy atom. The molecular weight excluding hydrogens is 368 g/mol. The smallest absolute Gasteiger partial charge is 0.240 e. The first-order valence-corrected chi connectivity index (χ1v) is 10.1. The van der Waals surface area contributed by atoms with Gasteiger partial charge in [0.2, 0.25) is 11.8 Å². The Morgan fingerprint density at radius 3 is 2.62 bits per heavy atom. The summed E-state index contributed by atoms with van der Waals surface area (Å²) < 4.78 is 6.15. The van der Waals surface area contributed by atoms with E-state index in [2.05, 4.69) is 6.07 Å². The lowest BCUT2D eigenvalue weighted by atomic mass is 9.47. The predicted molar refractivity (Wildman–Crippen MR) is 100 cm³/mol. The Morgan fingerprint density at radius 2 is 1.90 bits per heavy atom.